The Bertz CT molecular complexity index is 1200. The first-order valence-corrected chi connectivity index (χ1v) is 12.4. The number of carbonyl (C=O) groups is 1. The van der Waals surface area contributed by atoms with Gasteiger partial charge in [0.05, 0.1) is 37.2 Å². The van der Waals surface area contributed by atoms with Crippen molar-refractivity contribution in [2.24, 2.45) is 0 Å². The van der Waals surface area contributed by atoms with Crippen LogP contribution in [0.4, 0.5) is 5.69 Å². The highest BCUT2D eigenvalue weighted by Gasteiger charge is 2.21. The first-order chi connectivity index (χ1) is 15.8. The van der Waals surface area contributed by atoms with Gasteiger partial charge < -0.3 is 14.8 Å². The summed E-state index contributed by atoms with van der Waals surface area (Å²) in [6, 6.07) is 20.8. The number of rotatable bonds is 10. The molecule has 0 aliphatic heterocycles. The lowest BCUT2D eigenvalue weighted by Gasteiger charge is -2.24. The van der Waals surface area contributed by atoms with Crippen molar-refractivity contribution < 1.29 is 22.7 Å². The molecule has 0 aliphatic rings. The summed E-state index contributed by atoms with van der Waals surface area (Å²) >= 11 is 6.04. The second kappa shape index (κ2) is 11.1. The number of amides is 1. The summed E-state index contributed by atoms with van der Waals surface area (Å²) in [4.78, 5) is 12.4. The lowest BCUT2D eigenvalue weighted by molar-refractivity contribution is 0.0947. The molecule has 0 aromatic heterocycles. The molecule has 1 N–H and O–H groups in total. The van der Waals surface area contributed by atoms with Crippen LogP contribution in [0.3, 0.4) is 0 Å². The predicted octanol–water partition coefficient (Wildman–Crippen LogP) is 4.12. The van der Waals surface area contributed by atoms with Gasteiger partial charge in [-0.1, -0.05) is 48.0 Å². The average molecular weight is 489 g/mol. The van der Waals surface area contributed by atoms with Gasteiger partial charge in [0.2, 0.25) is 10.0 Å². The highest BCUT2D eigenvalue weighted by Crippen LogP contribution is 2.30. The number of carbonyl (C=O) groups excluding carboxylic acids is 1. The van der Waals surface area contributed by atoms with E-state index < -0.39 is 10.0 Å². The molecular formula is C24H25ClN2O5S. The molecule has 0 atom stereocenters. The van der Waals surface area contributed by atoms with Crippen molar-refractivity contribution in [3.63, 3.8) is 0 Å². The van der Waals surface area contributed by atoms with E-state index in [1.165, 1.54) is 11.4 Å². The Morgan fingerprint density at radius 3 is 2.24 bits per heavy atom. The van der Waals surface area contributed by atoms with Crippen LogP contribution in [0.1, 0.15) is 15.9 Å². The molecule has 1 amide bonds. The maximum Gasteiger partial charge on any atom is 0.251 e. The number of benzene rings is 3. The molecule has 3 aromatic carbocycles. The maximum absolute atomic E-state index is 12.4. The first kappa shape index (κ1) is 24.4. The van der Waals surface area contributed by atoms with Crippen LogP contribution in [0.25, 0.3) is 0 Å². The van der Waals surface area contributed by atoms with Gasteiger partial charge in [0.15, 0.2) is 0 Å². The fourth-order valence-corrected chi connectivity index (χ4v) is 4.22. The normalized spacial score (nSPS) is 11.0. The van der Waals surface area contributed by atoms with E-state index in [0.29, 0.717) is 34.3 Å². The van der Waals surface area contributed by atoms with Gasteiger partial charge in [-0.25, -0.2) is 8.42 Å². The fraction of sp³-hybridized carbons (Fsp3) is 0.208. The smallest absolute Gasteiger partial charge is 0.251 e. The van der Waals surface area contributed by atoms with Crippen LogP contribution in [0.5, 0.6) is 11.5 Å². The van der Waals surface area contributed by atoms with Crippen LogP contribution in [-0.2, 0) is 16.6 Å². The van der Waals surface area contributed by atoms with E-state index in [1.54, 1.807) is 60.7 Å². The SMILES string of the molecule is COc1ccccc1N(Cc1ccc(C(=O)NCCOc2ccccc2Cl)cc1)S(C)(=O)=O. The van der Waals surface area contributed by atoms with Gasteiger partial charge in [0, 0.05) is 5.56 Å². The number of hydrogen-bond donors (Lipinski definition) is 1. The summed E-state index contributed by atoms with van der Waals surface area (Å²) in [7, 11) is -2.07. The van der Waals surface area contributed by atoms with Crippen molar-refractivity contribution in [3.05, 3.63) is 88.9 Å². The Morgan fingerprint density at radius 1 is 0.970 bits per heavy atom. The number of para-hydroxylation sites is 3. The zero-order valence-electron chi connectivity index (χ0n) is 18.3. The van der Waals surface area contributed by atoms with Crippen molar-refractivity contribution in [3.8, 4) is 11.5 Å². The molecule has 0 heterocycles. The Hall–Kier alpha value is -3.23. The highest BCUT2D eigenvalue weighted by atomic mass is 35.5. The lowest BCUT2D eigenvalue weighted by Crippen LogP contribution is -2.30. The monoisotopic (exact) mass is 488 g/mol. The van der Waals surface area contributed by atoms with E-state index in [1.807, 2.05) is 12.1 Å². The summed E-state index contributed by atoms with van der Waals surface area (Å²) in [5, 5.41) is 3.29. The van der Waals surface area contributed by atoms with Crippen LogP contribution in [0.2, 0.25) is 5.02 Å². The van der Waals surface area contributed by atoms with Gasteiger partial charge in [-0.3, -0.25) is 9.10 Å². The van der Waals surface area contributed by atoms with Gasteiger partial charge in [-0.15, -0.1) is 0 Å². The molecule has 174 valence electrons. The van der Waals surface area contributed by atoms with Crippen molar-refractivity contribution in [2.45, 2.75) is 6.54 Å². The fourth-order valence-electron chi connectivity index (χ4n) is 3.13. The third-order valence-electron chi connectivity index (χ3n) is 4.78. The second-order valence-corrected chi connectivity index (χ2v) is 9.49. The molecule has 33 heavy (non-hydrogen) atoms. The molecule has 0 saturated heterocycles. The topological polar surface area (TPSA) is 84.9 Å². The summed E-state index contributed by atoms with van der Waals surface area (Å²) in [5.41, 5.74) is 1.63. The predicted molar refractivity (Wildman–Crippen MR) is 130 cm³/mol. The van der Waals surface area contributed by atoms with Crippen LogP contribution in [0.15, 0.2) is 72.8 Å². The van der Waals surface area contributed by atoms with Gasteiger partial charge in [0.25, 0.3) is 5.91 Å². The molecule has 3 aromatic rings. The van der Waals surface area contributed by atoms with Gasteiger partial charge >= 0.3 is 0 Å². The van der Waals surface area contributed by atoms with Crippen molar-refractivity contribution in [2.75, 3.05) is 30.8 Å². The van der Waals surface area contributed by atoms with Crippen molar-refractivity contribution in [1.29, 1.82) is 0 Å². The number of methoxy groups -OCH3 is 1. The minimum Gasteiger partial charge on any atom is -0.495 e. The number of ether oxygens (including phenoxy) is 2. The number of nitrogens with zero attached hydrogens (tertiary/aromatic N) is 1. The molecule has 9 heteroatoms. The number of sulfonamides is 1. The molecule has 0 fully saturated rings. The first-order valence-electron chi connectivity index (χ1n) is 10.1. The summed E-state index contributed by atoms with van der Waals surface area (Å²) in [5.74, 6) is 0.759. The standard InChI is InChI=1S/C24H25ClN2O5S/c1-31-23-10-6-4-8-21(23)27(33(2,29)30)17-18-11-13-19(14-12-18)24(28)26-15-16-32-22-9-5-3-7-20(22)25/h3-14H,15-17H2,1-2H3,(H,26,28). The molecule has 3 rings (SSSR count). The largest absolute Gasteiger partial charge is 0.495 e. The molecule has 0 bridgehead atoms. The number of anilines is 1. The zero-order valence-corrected chi connectivity index (χ0v) is 19.9. The molecule has 0 aliphatic carbocycles. The van der Waals surface area contributed by atoms with Crippen LogP contribution in [-0.4, -0.2) is 40.8 Å². The van der Waals surface area contributed by atoms with Crippen molar-refractivity contribution in [1.82, 2.24) is 5.32 Å². The molecule has 0 spiro atoms. The number of halogens is 1. The number of hydrogen-bond acceptors (Lipinski definition) is 5. The van der Waals surface area contributed by atoms with E-state index in [4.69, 9.17) is 21.1 Å². The number of nitrogens with one attached hydrogen (secondary N) is 1. The molecule has 0 unspecified atom stereocenters. The second-order valence-electron chi connectivity index (χ2n) is 7.17. The molecular weight excluding hydrogens is 464 g/mol. The van der Waals surface area contributed by atoms with Crippen LogP contribution in [0, 0.1) is 0 Å². The molecule has 0 saturated carbocycles. The molecule has 7 nitrogen and oxygen atoms in total. The van der Waals surface area contributed by atoms with E-state index in [9.17, 15) is 13.2 Å². The van der Waals surface area contributed by atoms with Crippen LogP contribution < -0.4 is 19.1 Å². The lowest BCUT2D eigenvalue weighted by atomic mass is 10.1. The zero-order chi connectivity index (χ0) is 23.8. The summed E-state index contributed by atoms with van der Waals surface area (Å²) in [6.07, 6.45) is 1.14. The third kappa shape index (κ3) is 6.63. The summed E-state index contributed by atoms with van der Waals surface area (Å²) in [6.45, 7) is 0.685. The van der Waals surface area contributed by atoms with E-state index in [-0.39, 0.29) is 19.1 Å². The van der Waals surface area contributed by atoms with E-state index in [2.05, 4.69) is 5.32 Å². The summed E-state index contributed by atoms with van der Waals surface area (Å²) < 4.78 is 37.0. The van der Waals surface area contributed by atoms with Gasteiger partial charge in [-0.05, 0) is 42.0 Å². The Morgan fingerprint density at radius 2 is 1.61 bits per heavy atom. The van der Waals surface area contributed by atoms with Crippen molar-refractivity contribution >= 4 is 33.2 Å². The quantitative estimate of drug-likeness (QED) is 0.434. The Kier molecular flexibility index (Phi) is 8.19. The highest BCUT2D eigenvalue weighted by molar-refractivity contribution is 7.92. The van der Waals surface area contributed by atoms with Gasteiger partial charge in [0.1, 0.15) is 18.1 Å². The van der Waals surface area contributed by atoms with E-state index >= 15 is 0 Å². The van der Waals surface area contributed by atoms with E-state index in [0.717, 1.165) is 11.8 Å². The molecule has 0 radical (unpaired) electrons. The minimum absolute atomic E-state index is 0.104. The average Bonchev–Trinajstić information content (AvgIpc) is 2.81. The minimum atomic E-state index is -3.57. The van der Waals surface area contributed by atoms with Gasteiger partial charge in [-0.2, -0.15) is 0 Å². The third-order valence-corrected chi connectivity index (χ3v) is 6.22. The Labute approximate surface area is 198 Å². The maximum atomic E-state index is 12.4. The van der Waals surface area contributed by atoms with Crippen LogP contribution >= 0.6 is 11.6 Å². The Balaban J connectivity index is 1.61.